The SMILES string of the molecule is NC1(CC(=O)Nc2ccc(Cn3cncn3)cc2)CCC1. The molecule has 0 atom stereocenters. The Morgan fingerprint density at radius 3 is 2.67 bits per heavy atom. The zero-order valence-electron chi connectivity index (χ0n) is 11.8. The first kappa shape index (κ1) is 13.8. The number of hydrogen-bond acceptors (Lipinski definition) is 4. The average molecular weight is 285 g/mol. The third-order valence-electron chi connectivity index (χ3n) is 3.91. The van der Waals surface area contributed by atoms with E-state index < -0.39 is 0 Å². The summed E-state index contributed by atoms with van der Waals surface area (Å²) in [6.07, 6.45) is 6.59. The van der Waals surface area contributed by atoms with E-state index in [1.807, 2.05) is 24.3 Å². The van der Waals surface area contributed by atoms with E-state index in [1.165, 1.54) is 6.33 Å². The van der Waals surface area contributed by atoms with Gasteiger partial charge in [-0.3, -0.25) is 4.79 Å². The summed E-state index contributed by atoms with van der Waals surface area (Å²) in [7, 11) is 0. The van der Waals surface area contributed by atoms with Crippen LogP contribution in [-0.2, 0) is 11.3 Å². The molecular formula is C15H19N5O. The first-order chi connectivity index (χ1) is 10.1. The van der Waals surface area contributed by atoms with Crippen LogP contribution < -0.4 is 11.1 Å². The zero-order valence-corrected chi connectivity index (χ0v) is 11.8. The van der Waals surface area contributed by atoms with Crippen molar-refractivity contribution in [1.29, 1.82) is 0 Å². The molecule has 1 aromatic carbocycles. The van der Waals surface area contributed by atoms with Gasteiger partial charge < -0.3 is 11.1 Å². The lowest BCUT2D eigenvalue weighted by Crippen LogP contribution is -2.48. The van der Waals surface area contributed by atoms with E-state index >= 15 is 0 Å². The van der Waals surface area contributed by atoms with Crippen molar-refractivity contribution < 1.29 is 4.79 Å². The van der Waals surface area contributed by atoms with Gasteiger partial charge in [-0.15, -0.1) is 0 Å². The van der Waals surface area contributed by atoms with Crippen LogP contribution in [0.5, 0.6) is 0 Å². The highest BCUT2D eigenvalue weighted by Gasteiger charge is 2.34. The van der Waals surface area contributed by atoms with Gasteiger partial charge in [0.25, 0.3) is 0 Å². The summed E-state index contributed by atoms with van der Waals surface area (Å²) in [4.78, 5) is 15.9. The molecule has 21 heavy (non-hydrogen) atoms. The van der Waals surface area contributed by atoms with E-state index in [4.69, 9.17) is 5.73 Å². The van der Waals surface area contributed by atoms with E-state index in [0.29, 0.717) is 13.0 Å². The van der Waals surface area contributed by atoms with E-state index in [0.717, 1.165) is 30.5 Å². The van der Waals surface area contributed by atoms with Crippen LogP contribution in [0.2, 0.25) is 0 Å². The molecule has 0 bridgehead atoms. The third kappa shape index (κ3) is 3.46. The highest BCUT2D eigenvalue weighted by molar-refractivity contribution is 5.91. The van der Waals surface area contributed by atoms with Crippen molar-refractivity contribution in [3.63, 3.8) is 0 Å². The summed E-state index contributed by atoms with van der Waals surface area (Å²) in [5.41, 5.74) is 7.70. The first-order valence-corrected chi connectivity index (χ1v) is 7.13. The summed E-state index contributed by atoms with van der Waals surface area (Å²) in [5.74, 6) is -0.0128. The van der Waals surface area contributed by atoms with Crippen molar-refractivity contribution >= 4 is 11.6 Å². The van der Waals surface area contributed by atoms with Crippen molar-refractivity contribution in [3.8, 4) is 0 Å². The Kier molecular flexibility index (Phi) is 3.70. The Morgan fingerprint density at radius 2 is 2.10 bits per heavy atom. The number of benzene rings is 1. The van der Waals surface area contributed by atoms with Crippen LogP contribution in [0.4, 0.5) is 5.69 Å². The predicted octanol–water partition coefficient (Wildman–Crippen LogP) is 1.54. The molecule has 1 fully saturated rings. The standard InChI is InChI=1S/C15H19N5O/c16-15(6-1-7-15)8-14(21)19-13-4-2-12(3-5-13)9-20-11-17-10-18-20/h2-5,10-11H,1,6-9,16H2,(H,19,21). The lowest BCUT2D eigenvalue weighted by atomic mass is 9.75. The lowest BCUT2D eigenvalue weighted by Gasteiger charge is -2.37. The van der Waals surface area contributed by atoms with Gasteiger partial charge in [-0.05, 0) is 37.0 Å². The van der Waals surface area contributed by atoms with Crippen molar-refractivity contribution in [2.75, 3.05) is 5.32 Å². The summed E-state index contributed by atoms with van der Waals surface area (Å²) >= 11 is 0. The maximum Gasteiger partial charge on any atom is 0.226 e. The van der Waals surface area contributed by atoms with Crippen LogP contribution in [-0.4, -0.2) is 26.2 Å². The quantitative estimate of drug-likeness (QED) is 0.872. The van der Waals surface area contributed by atoms with Crippen molar-refractivity contribution in [2.45, 2.75) is 37.8 Å². The van der Waals surface area contributed by atoms with E-state index in [-0.39, 0.29) is 11.4 Å². The minimum Gasteiger partial charge on any atom is -0.326 e. The van der Waals surface area contributed by atoms with E-state index in [1.54, 1.807) is 11.0 Å². The second-order valence-electron chi connectivity index (χ2n) is 5.73. The van der Waals surface area contributed by atoms with Crippen LogP contribution in [0, 0.1) is 0 Å². The fraction of sp³-hybridized carbons (Fsp3) is 0.400. The maximum absolute atomic E-state index is 11.9. The van der Waals surface area contributed by atoms with Crippen molar-refractivity contribution in [2.24, 2.45) is 5.73 Å². The average Bonchev–Trinajstić information content (AvgIpc) is 2.92. The molecule has 0 saturated heterocycles. The molecule has 1 aromatic heterocycles. The monoisotopic (exact) mass is 285 g/mol. The number of anilines is 1. The molecule has 110 valence electrons. The van der Waals surface area contributed by atoms with Crippen LogP contribution in [0.15, 0.2) is 36.9 Å². The molecule has 3 rings (SSSR count). The number of rotatable bonds is 5. The van der Waals surface area contributed by atoms with Crippen molar-refractivity contribution in [3.05, 3.63) is 42.5 Å². The number of hydrogen-bond donors (Lipinski definition) is 2. The largest absolute Gasteiger partial charge is 0.326 e. The fourth-order valence-electron chi connectivity index (χ4n) is 2.53. The van der Waals surface area contributed by atoms with Crippen LogP contribution in [0.25, 0.3) is 0 Å². The van der Waals surface area contributed by atoms with Gasteiger partial charge in [-0.2, -0.15) is 5.10 Å². The van der Waals surface area contributed by atoms with E-state index in [2.05, 4.69) is 15.4 Å². The molecule has 1 amide bonds. The summed E-state index contributed by atoms with van der Waals surface area (Å²) in [6.45, 7) is 0.667. The van der Waals surface area contributed by atoms with Gasteiger partial charge in [-0.25, -0.2) is 9.67 Å². The number of nitrogens with two attached hydrogens (primary N) is 1. The minimum atomic E-state index is -0.281. The highest BCUT2D eigenvalue weighted by atomic mass is 16.1. The molecule has 0 spiro atoms. The van der Waals surface area contributed by atoms with Gasteiger partial charge in [-0.1, -0.05) is 12.1 Å². The number of amides is 1. The summed E-state index contributed by atoms with van der Waals surface area (Å²) in [6, 6.07) is 7.74. The minimum absolute atomic E-state index is 0.0128. The van der Waals surface area contributed by atoms with Gasteiger partial charge in [0.1, 0.15) is 12.7 Å². The molecular weight excluding hydrogens is 266 g/mol. The lowest BCUT2D eigenvalue weighted by molar-refractivity contribution is -0.118. The third-order valence-corrected chi connectivity index (χ3v) is 3.91. The van der Waals surface area contributed by atoms with Gasteiger partial charge in [0.15, 0.2) is 0 Å². The Balaban J connectivity index is 1.55. The molecule has 6 nitrogen and oxygen atoms in total. The first-order valence-electron chi connectivity index (χ1n) is 7.13. The molecule has 3 N–H and O–H groups in total. The molecule has 1 aliphatic rings. The van der Waals surface area contributed by atoms with Gasteiger partial charge in [0, 0.05) is 17.6 Å². The smallest absolute Gasteiger partial charge is 0.226 e. The van der Waals surface area contributed by atoms with Crippen molar-refractivity contribution in [1.82, 2.24) is 14.8 Å². The number of carbonyl (C=O) groups excluding carboxylic acids is 1. The van der Waals surface area contributed by atoms with Crippen LogP contribution in [0.1, 0.15) is 31.2 Å². The Hall–Kier alpha value is -2.21. The summed E-state index contributed by atoms with van der Waals surface area (Å²) in [5, 5.41) is 6.96. The number of carbonyl (C=O) groups is 1. The molecule has 0 aliphatic heterocycles. The predicted molar refractivity (Wildman–Crippen MR) is 79.6 cm³/mol. The Labute approximate surface area is 123 Å². The number of aromatic nitrogens is 3. The molecule has 1 heterocycles. The van der Waals surface area contributed by atoms with Crippen LogP contribution >= 0.6 is 0 Å². The van der Waals surface area contributed by atoms with Gasteiger partial charge in [0.05, 0.1) is 6.54 Å². The molecule has 1 saturated carbocycles. The topological polar surface area (TPSA) is 85.8 Å². The summed E-state index contributed by atoms with van der Waals surface area (Å²) < 4.78 is 1.75. The normalized spacial score (nSPS) is 16.2. The van der Waals surface area contributed by atoms with Gasteiger partial charge >= 0.3 is 0 Å². The molecule has 2 aromatic rings. The van der Waals surface area contributed by atoms with E-state index in [9.17, 15) is 4.79 Å². The fourth-order valence-corrected chi connectivity index (χ4v) is 2.53. The molecule has 6 heteroatoms. The zero-order chi connectivity index (χ0) is 14.7. The maximum atomic E-state index is 11.9. The molecule has 0 unspecified atom stereocenters. The van der Waals surface area contributed by atoms with Gasteiger partial charge in [0.2, 0.25) is 5.91 Å². The molecule has 1 aliphatic carbocycles. The number of nitrogens with zero attached hydrogens (tertiary/aromatic N) is 3. The van der Waals surface area contributed by atoms with Crippen LogP contribution in [0.3, 0.4) is 0 Å². The number of nitrogens with one attached hydrogen (secondary N) is 1. The Bertz CT molecular complexity index is 602. The second-order valence-corrected chi connectivity index (χ2v) is 5.73. The second kappa shape index (κ2) is 5.65. The molecule has 0 radical (unpaired) electrons. The Morgan fingerprint density at radius 1 is 1.33 bits per heavy atom. The highest BCUT2D eigenvalue weighted by Crippen LogP contribution is 2.32.